The number of rotatable bonds is 9. The average molecular weight is 499 g/mol. The second-order valence-electron chi connectivity index (χ2n) is 7.02. The molecule has 0 saturated heterocycles. The van der Waals surface area contributed by atoms with E-state index in [2.05, 4.69) is 10.4 Å². The molecule has 11 heteroatoms. The van der Waals surface area contributed by atoms with Crippen molar-refractivity contribution in [2.45, 2.75) is 24.3 Å². The molecule has 3 rings (SSSR count). The number of benzene rings is 2. The number of sulfonamides is 1. The number of carbonyl (C=O) groups excluding carboxylic acids is 1. The molecule has 1 N–H and O–H groups in total. The fraction of sp³-hybridized carbons (Fsp3) is 0.238. The number of hydrogen-bond acceptors (Lipinski definition) is 4. The summed E-state index contributed by atoms with van der Waals surface area (Å²) in [6.45, 7) is 0.450. The first-order chi connectivity index (χ1) is 15.2. The molecule has 2 aromatic carbocycles. The quantitative estimate of drug-likeness (QED) is 0.473. The van der Waals surface area contributed by atoms with Crippen molar-refractivity contribution in [3.8, 4) is 0 Å². The van der Waals surface area contributed by atoms with Crippen LogP contribution in [0.25, 0.3) is 0 Å². The Labute approximate surface area is 195 Å². The van der Waals surface area contributed by atoms with E-state index in [1.54, 1.807) is 29.1 Å². The maximum Gasteiger partial charge on any atom is 0.242 e. The van der Waals surface area contributed by atoms with Crippen molar-refractivity contribution in [2.75, 3.05) is 18.9 Å². The van der Waals surface area contributed by atoms with Crippen LogP contribution in [0.3, 0.4) is 0 Å². The van der Waals surface area contributed by atoms with Crippen LogP contribution in [-0.4, -0.2) is 42.0 Å². The van der Waals surface area contributed by atoms with Gasteiger partial charge in [0.05, 0.1) is 27.7 Å². The monoisotopic (exact) mass is 498 g/mol. The Kier molecular flexibility index (Phi) is 7.89. The molecule has 0 aliphatic heterocycles. The van der Waals surface area contributed by atoms with Gasteiger partial charge in [-0.3, -0.25) is 4.79 Å². The Bertz CT molecular complexity index is 1200. The van der Waals surface area contributed by atoms with Gasteiger partial charge in [-0.15, -0.1) is 0 Å². The van der Waals surface area contributed by atoms with Crippen molar-refractivity contribution < 1.29 is 17.6 Å². The maximum absolute atomic E-state index is 13.0. The normalized spacial score (nSPS) is 11.7. The minimum Gasteiger partial charge on any atom is -0.311 e. The zero-order valence-corrected chi connectivity index (χ0v) is 19.5. The lowest BCUT2D eigenvalue weighted by Crippen LogP contribution is -2.28. The van der Waals surface area contributed by atoms with Crippen molar-refractivity contribution >= 4 is 45.0 Å². The molecular formula is C21H21Cl2FN4O3S. The van der Waals surface area contributed by atoms with E-state index >= 15 is 0 Å². The van der Waals surface area contributed by atoms with Crippen LogP contribution in [0.5, 0.6) is 0 Å². The largest absolute Gasteiger partial charge is 0.311 e. The summed E-state index contributed by atoms with van der Waals surface area (Å²) in [6, 6.07) is 11.5. The first-order valence-corrected chi connectivity index (χ1v) is 11.8. The summed E-state index contributed by atoms with van der Waals surface area (Å²) < 4.78 is 40.8. The number of carbonyl (C=O) groups is 1. The third kappa shape index (κ3) is 5.86. The van der Waals surface area contributed by atoms with Gasteiger partial charge in [0, 0.05) is 26.1 Å². The van der Waals surface area contributed by atoms with E-state index in [4.69, 9.17) is 23.2 Å². The van der Waals surface area contributed by atoms with E-state index in [0.717, 1.165) is 22.0 Å². The fourth-order valence-electron chi connectivity index (χ4n) is 2.97. The lowest BCUT2D eigenvalue weighted by atomic mass is 10.2. The molecule has 0 unspecified atom stereocenters. The maximum atomic E-state index is 13.0. The number of nitrogens with one attached hydrogen (secondary N) is 1. The number of halogens is 3. The molecule has 1 amide bonds. The van der Waals surface area contributed by atoms with Crippen LogP contribution in [0.2, 0.25) is 10.0 Å². The topological polar surface area (TPSA) is 84.3 Å². The highest BCUT2D eigenvalue weighted by atomic mass is 35.5. The summed E-state index contributed by atoms with van der Waals surface area (Å²) in [5, 5.41) is 7.83. The molecule has 0 aliphatic carbocycles. The predicted molar refractivity (Wildman–Crippen MR) is 122 cm³/mol. The van der Waals surface area contributed by atoms with Crippen molar-refractivity contribution in [1.82, 2.24) is 14.1 Å². The molecule has 7 nitrogen and oxygen atoms in total. The third-order valence-corrected chi connectivity index (χ3v) is 7.46. The molecule has 3 aromatic rings. The highest BCUT2D eigenvalue weighted by molar-refractivity contribution is 7.89. The SMILES string of the molecule is CN(CCCC(=O)Nc1ccnn1Cc1cccc(Cl)c1Cl)S(=O)(=O)c1ccc(F)cc1. The van der Waals surface area contributed by atoms with E-state index in [-0.39, 0.29) is 23.8 Å². The number of amides is 1. The lowest BCUT2D eigenvalue weighted by molar-refractivity contribution is -0.116. The van der Waals surface area contributed by atoms with Gasteiger partial charge < -0.3 is 5.32 Å². The summed E-state index contributed by atoms with van der Waals surface area (Å²) in [7, 11) is -2.34. The van der Waals surface area contributed by atoms with E-state index < -0.39 is 15.8 Å². The van der Waals surface area contributed by atoms with Crippen LogP contribution in [-0.2, 0) is 21.4 Å². The summed E-state index contributed by atoms with van der Waals surface area (Å²) >= 11 is 12.3. The molecule has 0 saturated carbocycles. The highest BCUT2D eigenvalue weighted by Crippen LogP contribution is 2.26. The van der Waals surface area contributed by atoms with Gasteiger partial charge in [-0.05, 0) is 42.3 Å². The number of hydrogen-bond donors (Lipinski definition) is 1. The second kappa shape index (κ2) is 10.4. The van der Waals surface area contributed by atoms with Crippen molar-refractivity contribution in [2.24, 2.45) is 0 Å². The summed E-state index contributed by atoms with van der Waals surface area (Å²) in [5.41, 5.74) is 0.756. The molecule has 0 atom stereocenters. The van der Waals surface area contributed by atoms with Crippen molar-refractivity contribution in [3.05, 3.63) is 76.2 Å². The van der Waals surface area contributed by atoms with Gasteiger partial charge in [0.25, 0.3) is 0 Å². The Hall–Kier alpha value is -2.46. The van der Waals surface area contributed by atoms with Gasteiger partial charge >= 0.3 is 0 Å². The van der Waals surface area contributed by atoms with Crippen LogP contribution in [0.15, 0.2) is 59.6 Å². The molecule has 0 radical (unpaired) electrons. The van der Waals surface area contributed by atoms with Crippen LogP contribution >= 0.6 is 23.2 Å². The lowest BCUT2D eigenvalue weighted by Gasteiger charge is -2.17. The number of anilines is 1. The van der Waals surface area contributed by atoms with Gasteiger partial charge in [0.2, 0.25) is 15.9 Å². The molecule has 32 heavy (non-hydrogen) atoms. The smallest absolute Gasteiger partial charge is 0.242 e. The first-order valence-electron chi connectivity index (χ1n) is 9.65. The standard InChI is InChI=1S/C21H21Cl2FN4O3S/c1-27(32(30,31)17-9-7-16(24)8-10-17)13-3-6-20(29)26-19-11-12-25-28(19)14-15-4-2-5-18(22)21(15)23/h2,4-5,7-12H,3,6,13-14H2,1H3,(H,26,29). The van der Waals surface area contributed by atoms with E-state index in [1.165, 1.54) is 19.2 Å². The van der Waals surface area contributed by atoms with Crippen molar-refractivity contribution in [1.29, 1.82) is 0 Å². The summed E-state index contributed by atoms with van der Waals surface area (Å²) in [6.07, 6.45) is 1.96. The van der Waals surface area contributed by atoms with Gasteiger partial charge in [0.15, 0.2) is 0 Å². The first kappa shape index (κ1) is 24.2. The Morgan fingerprint density at radius 1 is 1.16 bits per heavy atom. The van der Waals surface area contributed by atoms with Crippen LogP contribution in [0.1, 0.15) is 18.4 Å². The molecule has 0 aliphatic rings. The molecule has 1 aromatic heterocycles. The highest BCUT2D eigenvalue weighted by Gasteiger charge is 2.20. The number of aromatic nitrogens is 2. The van der Waals surface area contributed by atoms with E-state index in [1.807, 2.05) is 6.07 Å². The molecule has 170 valence electrons. The van der Waals surface area contributed by atoms with Gasteiger partial charge in [-0.2, -0.15) is 5.10 Å². The zero-order valence-electron chi connectivity index (χ0n) is 17.1. The average Bonchev–Trinajstić information content (AvgIpc) is 3.18. The Morgan fingerprint density at radius 3 is 2.59 bits per heavy atom. The third-order valence-electron chi connectivity index (χ3n) is 4.73. The minimum atomic E-state index is -3.75. The van der Waals surface area contributed by atoms with Gasteiger partial charge in [0.1, 0.15) is 11.6 Å². The van der Waals surface area contributed by atoms with Gasteiger partial charge in [-0.25, -0.2) is 21.8 Å². The van der Waals surface area contributed by atoms with Crippen LogP contribution in [0, 0.1) is 5.82 Å². The van der Waals surface area contributed by atoms with Gasteiger partial charge in [-0.1, -0.05) is 35.3 Å². The Balaban J connectivity index is 1.54. The molecule has 0 bridgehead atoms. The van der Waals surface area contributed by atoms with Crippen molar-refractivity contribution in [3.63, 3.8) is 0 Å². The van der Waals surface area contributed by atoms with E-state index in [9.17, 15) is 17.6 Å². The van der Waals surface area contributed by atoms with Crippen LogP contribution < -0.4 is 5.32 Å². The van der Waals surface area contributed by atoms with E-state index in [0.29, 0.717) is 28.8 Å². The molecule has 0 spiro atoms. The number of nitrogens with zero attached hydrogens (tertiary/aromatic N) is 3. The summed E-state index contributed by atoms with van der Waals surface area (Å²) in [5.74, 6) is -0.310. The van der Waals surface area contributed by atoms with Crippen LogP contribution in [0.4, 0.5) is 10.2 Å². The molecule has 0 fully saturated rings. The molecular weight excluding hydrogens is 478 g/mol. The summed E-state index contributed by atoms with van der Waals surface area (Å²) in [4.78, 5) is 12.4. The second-order valence-corrected chi connectivity index (χ2v) is 9.85. The zero-order chi connectivity index (χ0) is 23.3. The minimum absolute atomic E-state index is 0.00516. The molecule has 1 heterocycles. The predicted octanol–water partition coefficient (Wildman–Crippen LogP) is 4.42. The fourth-order valence-corrected chi connectivity index (χ4v) is 4.56. The Morgan fingerprint density at radius 2 is 1.88 bits per heavy atom.